The van der Waals surface area contributed by atoms with Crippen LogP contribution in [0.4, 0.5) is 11.9 Å². The van der Waals surface area contributed by atoms with E-state index in [4.69, 9.17) is 11.5 Å². The third-order valence-electron chi connectivity index (χ3n) is 9.90. The minimum Gasteiger partial charge on any atom is -0.388 e. The maximum atomic E-state index is 14.1. The van der Waals surface area contributed by atoms with Gasteiger partial charge in [0.1, 0.15) is 11.4 Å². The fraction of sp³-hybridized carbons (Fsp3) is 0.351. The molecule has 0 fully saturated rings. The molecule has 0 radical (unpaired) electrons. The number of carbonyl (C=O) groups excluding carboxylic acids is 4. The van der Waals surface area contributed by atoms with E-state index in [1.165, 1.54) is 28.8 Å². The number of carbonyl (C=O) groups is 4. The third kappa shape index (κ3) is 7.16. The van der Waals surface area contributed by atoms with E-state index in [1.807, 2.05) is 13.8 Å². The van der Waals surface area contributed by atoms with Gasteiger partial charge in [0.2, 0.25) is 23.7 Å². The molecule has 5 heterocycles. The molecule has 0 saturated heterocycles. The van der Waals surface area contributed by atoms with E-state index in [2.05, 4.69) is 30.8 Å². The SMILES string of the molecule is CCn1nc(C)c2c1C(=O)Nc1nc3cc(C(N)=O)ccc3n1C[C@@H](O)[C@H](O)Cn1c(nc3cc(C(N)=O)ccc31)NC(=O)c1cc(C)nn1CCCCC2. The van der Waals surface area contributed by atoms with Gasteiger partial charge in [0.15, 0.2) is 0 Å². The largest absolute Gasteiger partial charge is 0.388 e. The number of nitrogens with one attached hydrogen (secondary N) is 2. The summed E-state index contributed by atoms with van der Waals surface area (Å²) in [5.74, 6) is -2.16. The molecule has 18 heteroatoms. The van der Waals surface area contributed by atoms with Crippen LogP contribution in [-0.2, 0) is 32.6 Å². The molecule has 55 heavy (non-hydrogen) atoms. The summed E-state index contributed by atoms with van der Waals surface area (Å²) in [6, 6.07) is 10.9. The number of benzene rings is 2. The Kier molecular flexibility index (Phi) is 9.93. The molecule has 0 saturated carbocycles. The molecule has 2 aromatic carbocycles. The zero-order valence-electron chi connectivity index (χ0n) is 30.6. The number of primary amides is 2. The van der Waals surface area contributed by atoms with E-state index < -0.39 is 35.8 Å². The molecule has 0 aliphatic carbocycles. The lowest BCUT2D eigenvalue weighted by atomic mass is 10.0. The molecule has 1 aliphatic heterocycles. The van der Waals surface area contributed by atoms with Gasteiger partial charge in [0.05, 0.1) is 58.8 Å². The van der Waals surface area contributed by atoms with Gasteiger partial charge in [-0.05, 0) is 82.5 Å². The van der Waals surface area contributed by atoms with Crippen molar-refractivity contribution in [2.45, 2.75) is 84.8 Å². The van der Waals surface area contributed by atoms with Crippen LogP contribution >= 0.6 is 0 Å². The Balaban J connectivity index is 1.32. The maximum absolute atomic E-state index is 14.1. The van der Waals surface area contributed by atoms with Crippen molar-refractivity contribution in [2.24, 2.45) is 11.5 Å². The molecule has 4 amide bonds. The Hall–Kier alpha value is -6.40. The van der Waals surface area contributed by atoms with Crippen molar-refractivity contribution in [3.8, 4) is 0 Å². The second kappa shape index (κ2) is 14.8. The second-order valence-corrected chi connectivity index (χ2v) is 13.7. The minimum absolute atomic E-state index is 0.0577. The highest BCUT2D eigenvalue weighted by Gasteiger charge is 2.28. The van der Waals surface area contributed by atoms with Crippen LogP contribution < -0.4 is 22.1 Å². The van der Waals surface area contributed by atoms with Crippen molar-refractivity contribution >= 4 is 57.6 Å². The number of nitrogens with two attached hydrogens (primary N) is 2. The van der Waals surface area contributed by atoms with E-state index in [9.17, 15) is 29.4 Å². The molecule has 1 aliphatic rings. The summed E-state index contributed by atoms with van der Waals surface area (Å²) >= 11 is 0. The normalized spacial score (nSPS) is 17.4. The Morgan fingerprint density at radius 2 is 1.36 bits per heavy atom. The van der Waals surface area contributed by atoms with Crippen molar-refractivity contribution in [1.29, 1.82) is 0 Å². The summed E-state index contributed by atoms with van der Waals surface area (Å²) in [6.45, 7) is 5.94. The first-order chi connectivity index (χ1) is 26.3. The lowest BCUT2D eigenvalue weighted by Gasteiger charge is -2.22. The van der Waals surface area contributed by atoms with Crippen molar-refractivity contribution < 1.29 is 29.4 Å². The molecule has 7 rings (SSSR count). The molecular weight excluding hydrogens is 708 g/mol. The van der Waals surface area contributed by atoms with Crippen LogP contribution in [0.2, 0.25) is 0 Å². The number of aromatic nitrogens is 8. The summed E-state index contributed by atoms with van der Waals surface area (Å²) in [7, 11) is 0. The summed E-state index contributed by atoms with van der Waals surface area (Å²) in [4.78, 5) is 61.2. The van der Waals surface area contributed by atoms with Crippen LogP contribution in [0, 0.1) is 13.8 Å². The van der Waals surface area contributed by atoms with Gasteiger partial charge in [0.25, 0.3) is 11.8 Å². The number of aliphatic hydroxyl groups excluding tert-OH is 2. The fourth-order valence-corrected chi connectivity index (χ4v) is 7.11. The first-order valence-corrected chi connectivity index (χ1v) is 18.0. The molecule has 0 unspecified atom stereocenters. The monoisotopic (exact) mass is 750 g/mol. The lowest BCUT2D eigenvalue weighted by Crippen LogP contribution is -2.35. The van der Waals surface area contributed by atoms with Crippen molar-refractivity contribution in [1.82, 2.24) is 38.7 Å². The van der Waals surface area contributed by atoms with Gasteiger partial charge in [-0.1, -0.05) is 6.42 Å². The zero-order valence-corrected chi connectivity index (χ0v) is 30.6. The number of nitrogens with zero attached hydrogens (tertiary/aromatic N) is 8. The van der Waals surface area contributed by atoms with Crippen LogP contribution in [0.25, 0.3) is 22.1 Å². The standard InChI is InChI=1S/C37H42N12O6/c1-4-48-31-23(20(3)45-48)8-6-5-7-13-49-28(14-19(2)44-49)34(54)42-36-40-24-15-21(32(38)52)9-11-26(24)46(36)17-29(50)30(51)18-47-27-12-10-22(33(39)53)16-25(27)41-37(47)43-35(31)55/h9-12,14-16,29-30,50-51H,4-8,13,17-18H2,1-3H3,(H2,38,52)(H2,39,53)(H,40,42,54)(H,41,43,55)/t29-,30-/m1/s1. The number of aliphatic hydroxyl groups is 2. The maximum Gasteiger partial charge on any atom is 0.276 e. The number of anilines is 2. The quantitative estimate of drug-likeness (QED) is 0.154. The van der Waals surface area contributed by atoms with Gasteiger partial charge in [-0.15, -0.1) is 0 Å². The Labute approximate surface area is 314 Å². The first kappa shape index (κ1) is 36.9. The minimum atomic E-state index is -1.47. The molecule has 2 atom stereocenters. The van der Waals surface area contributed by atoms with Crippen molar-refractivity contribution in [2.75, 3.05) is 10.6 Å². The molecule has 0 bridgehead atoms. The van der Waals surface area contributed by atoms with Crippen molar-refractivity contribution in [3.05, 3.63) is 81.9 Å². The summed E-state index contributed by atoms with van der Waals surface area (Å²) in [6.07, 6.45) is -0.173. The number of fused-ring (bicyclic) bond motifs is 8. The van der Waals surface area contributed by atoms with Gasteiger partial charge in [-0.25, -0.2) is 9.97 Å². The van der Waals surface area contributed by atoms with Crippen LogP contribution in [0.3, 0.4) is 0 Å². The smallest absolute Gasteiger partial charge is 0.276 e. The van der Waals surface area contributed by atoms with E-state index >= 15 is 0 Å². The molecule has 8 N–H and O–H groups in total. The Bertz CT molecular complexity index is 2490. The summed E-state index contributed by atoms with van der Waals surface area (Å²) < 4.78 is 6.36. The van der Waals surface area contributed by atoms with E-state index in [0.717, 1.165) is 24.1 Å². The van der Waals surface area contributed by atoms with Gasteiger partial charge in [-0.2, -0.15) is 10.2 Å². The lowest BCUT2D eigenvalue weighted by molar-refractivity contribution is 0.00174. The molecule has 6 aromatic rings. The zero-order chi connectivity index (χ0) is 39.1. The summed E-state index contributed by atoms with van der Waals surface area (Å²) in [5.41, 5.74) is 15.9. The van der Waals surface area contributed by atoms with E-state index in [-0.39, 0.29) is 36.1 Å². The number of amides is 4. The first-order valence-electron chi connectivity index (χ1n) is 18.0. The molecular formula is C37H42N12O6. The van der Waals surface area contributed by atoms with Crippen LogP contribution in [0.1, 0.15) is 84.8 Å². The fourth-order valence-electron chi connectivity index (χ4n) is 7.11. The highest BCUT2D eigenvalue weighted by atomic mass is 16.3. The van der Waals surface area contributed by atoms with Gasteiger partial charge in [0, 0.05) is 29.8 Å². The van der Waals surface area contributed by atoms with Crippen LogP contribution in [0.5, 0.6) is 0 Å². The van der Waals surface area contributed by atoms with Gasteiger partial charge >= 0.3 is 0 Å². The number of aryl methyl sites for hydroxylation is 4. The van der Waals surface area contributed by atoms with Gasteiger partial charge < -0.3 is 30.8 Å². The van der Waals surface area contributed by atoms with Gasteiger partial charge in [-0.3, -0.25) is 39.2 Å². The average molecular weight is 751 g/mol. The van der Waals surface area contributed by atoms with Crippen molar-refractivity contribution in [3.63, 3.8) is 0 Å². The predicted octanol–water partition coefficient (Wildman–Crippen LogP) is 2.27. The third-order valence-corrected chi connectivity index (χ3v) is 9.90. The van der Waals surface area contributed by atoms with Crippen LogP contribution in [0.15, 0.2) is 42.5 Å². The van der Waals surface area contributed by atoms with Crippen LogP contribution in [-0.4, -0.2) is 84.7 Å². The Morgan fingerprint density at radius 3 is 1.91 bits per heavy atom. The highest BCUT2D eigenvalue weighted by molar-refractivity contribution is 6.05. The molecule has 286 valence electrons. The highest BCUT2D eigenvalue weighted by Crippen LogP contribution is 2.27. The Morgan fingerprint density at radius 1 is 0.800 bits per heavy atom. The number of imidazole rings is 2. The average Bonchev–Trinajstić information content (AvgIpc) is 3.88. The molecule has 0 spiro atoms. The van der Waals surface area contributed by atoms with E-state index in [1.54, 1.807) is 39.1 Å². The summed E-state index contributed by atoms with van der Waals surface area (Å²) in [5, 5.41) is 38.1. The molecule has 18 nitrogen and oxygen atoms in total. The van der Waals surface area contributed by atoms with E-state index in [0.29, 0.717) is 65.1 Å². The number of hydrogen-bond acceptors (Lipinski definition) is 10. The molecule has 4 aromatic heterocycles. The topological polar surface area (TPSA) is 256 Å². The predicted molar refractivity (Wildman–Crippen MR) is 202 cm³/mol. The second-order valence-electron chi connectivity index (χ2n) is 13.7. The number of rotatable bonds is 3. The number of hydrogen-bond donors (Lipinski definition) is 6.